The fourth-order valence-electron chi connectivity index (χ4n) is 3.44. The number of piperidine rings is 1. The Bertz CT molecular complexity index is 417. The minimum absolute atomic E-state index is 0.256. The summed E-state index contributed by atoms with van der Waals surface area (Å²) < 4.78 is 0. The standard InChI is InChI=1S/C14H17NO2/c16-14(17)13-11-6-7-12(8-11)15(13)9-10-4-2-1-3-5-10/h1-5,11-13H,6-9H2,(H,16,17). The molecule has 1 heterocycles. The summed E-state index contributed by atoms with van der Waals surface area (Å²) in [6.45, 7) is 0.777. The number of hydrogen-bond acceptors (Lipinski definition) is 2. The molecule has 3 atom stereocenters. The smallest absolute Gasteiger partial charge is 0.321 e. The van der Waals surface area contributed by atoms with Crippen molar-refractivity contribution in [3.63, 3.8) is 0 Å². The van der Waals surface area contributed by atoms with Gasteiger partial charge in [0.2, 0.25) is 0 Å². The molecule has 1 aromatic carbocycles. The molecule has 90 valence electrons. The molecule has 2 aliphatic rings. The number of carboxylic acid groups (broad SMARTS) is 1. The minimum atomic E-state index is -0.645. The van der Waals surface area contributed by atoms with Gasteiger partial charge in [0.15, 0.2) is 0 Å². The van der Waals surface area contributed by atoms with Crippen molar-refractivity contribution in [3.05, 3.63) is 35.9 Å². The predicted octanol–water partition coefficient (Wildman–Crippen LogP) is 2.12. The third-order valence-corrected chi connectivity index (χ3v) is 4.18. The summed E-state index contributed by atoms with van der Waals surface area (Å²) >= 11 is 0. The lowest BCUT2D eigenvalue weighted by atomic mass is 9.98. The molecule has 0 amide bonds. The van der Waals surface area contributed by atoms with Crippen LogP contribution in [-0.4, -0.2) is 28.1 Å². The van der Waals surface area contributed by atoms with Crippen LogP contribution < -0.4 is 0 Å². The van der Waals surface area contributed by atoms with Crippen molar-refractivity contribution >= 4 is 5.97 Å². The first-order valence-electron chi connectivity index (χ1n) is 6.28. The molecule has 0 radical (unpaired) electrons. The van der Waals surface area contributed by atoms with Crippen LogP contribution >= 0.6 is 0 Å². The number of carboxylic acids is 1. The number of aliphatic carboxylic acids is 1. The van der Waals surface area contributed by atoms with Crippen molar-refractivity contribution in [2.24, 2.45) is 5.92 Å². The molecule has 3 rings (SSSR count). The Hall–Kier alpha value is -1.35. The highest BCUT2D eigenvalue weighted by Gasteiger charge is 2.48. The predicted molar refractivity (Wildman–Crippen MR) is 64.5 cm³/mol. The van der Waals surface area contributed by atoms with Gasteiger partial charge < -0.3 is 5.11 Å². The quantitative estimate of drug-likeness (QED) is 0.866. The van der Waals surface area contributed by atoms with E-state index >= 15 is 0 Å². The van der Waals surface area contributed by atoms with Crippen LogP contribution in [0.4, 0.5) is 0 Å². The molecule has 3 unspecified atom stereocenters. The van der Waals surface area contributed by atoms with Crippen molar-refractivity contribution in [1.82, 2.24) is 4.90 Å². The zero-order valence-corrected chi connectivity index (χ0v) is 9.75. The Morgan fingerprint density at radius 3 is 2.76 bits per heavy atom. The lowest BCUT2D eigenvalue weighted by molar-refractivity contribution is -0.145. The van der Waals surface area contributed by atoms with Crippen LogP contribution in [0.1, 0.15) is 24.8 Å². The van der Waals surface area contributed by atoms with Gasteiger partial charge in [-0.15, -0.1) is 0 Å². The molecule has 2 bridgehead atoms. The van der Waals surface area contributed by atoms with E-state index in [-0.39, 0.29) is 6.04 Å². The highest BCUT2D eigenvalue weighted by atomic mass is 16.4. The van der Waals surface area contributed by atoms with Crippen LogP contribution in [0.5, 0.6) is 0 Å². The van der Waals surface area contributed by atoms with Crippen molar-refractivity contribution in [2.75, 3.05) is 0 Å². The minimum Gasteiger partial charge on any atom is -0.480 e. The number of carbonyl (C=O) groups is 1. The maximum Gasteiger partial charge on any atom is 0.321 e. The van der Waals surface area contributed by atoms with Crippen LogP contribution in [0.2, 0.25) is 0 Å². The van der Waals surface area contributed by atoms with Gasteiger partial charge in [-0.3, -0.25) is 9.69 Å². The molecule has 1 saturated heterocycles. The summed E-state index contributed by atoms with van der Waals surface area (Å²) in [5, 5.41) is 9.34. The summed E-state index contributed by atoms with van der Waals surface area (Å²) in [4.78, 5) is 13.5. The topological polar surface area (TPSA) is 40.5 Å². The highest BCUT2D eigenvalue weighted by molar-refractivity contribution is 5.74. The molecule has 1 aliphatic heterocycles. The summed E-state index contributed by atoms with van der Waals surface area (Å²) in [7, 11) is 0. The Morgan fingerprint density at radius 2 is 2.06 bits per heavy atom. The third-order valence-electron chi connectivity index (χ3n) is 4.18. The van der Waals surface area contributed by atoms with E-state index in [1.54, 1.807) is 0 Å². The Balaban J connectivity index is 1.80. The molecule has 1 saturated carbocycles. The molecule has 1 aromatic rings. The highest BCUT2D eigenvalue weighted by Crippen LogP contribution is 2.43. The molecule has 0 spiro atoms. The second-order valence-corrected chi connectivity index (χ2v) is 5.17. The van der Waals surface area contributed by atoms with Gasteiger partial charge in [0.05, 0.1) is 0 Å². The molecule has 2 fully saturated rings. The summed E-state index contributed by atoms with van der Waals surface area (Å²) in [5.74, 6) is -0.269. The zero-order valence-electron chi connectivity index (χ0n) is 9.75. The van der Waals surface area contributed by atoms with Gasteiger partial charge in [-0.25, -0.2) is 0 Å². The molecule has 1 aliphatic carbocycles. The Labute approximate surface area is 101 Å². The third kappa shape index (κ3) is 1.84. The van der Waals surface area contributed by atoms with Crippen LogP contribution in [0.15, 0.2) is 30.3 Å². The second kappa shape index (κ2) is 4.15. The molecule has 3 nitrogen and oxygen atoms in total. The van der Waals surface area contributed by atoms with E-state index in [9.17, 15) is 9.90 Å². The van der Waals surface area contributed by atoms with Gasteiger partial charge in [-0.1, -0.05) is 30.3 Å². The van der Waals surface area contributed by atoms with Crippen LogP contribution in [0.25, 0.3) is 0 Å². The number of rotatable bonds is 3. The molecule has 0 aromatic heterocycles. The molecular formula is C14H17NO2. The fourth-order valence-corrected chi connectivity index (χ4v) is 3.44. The monoisotopic (exact) mass is 231 g/mol. The van der Waals surface area contributed by atoms with Crippen molar-refractivity contribution in [3.8, 4) is 0 Å². The van der Waals surface area contributed by atoms with Crippen molar-refractivity contribution < 1.29 is 9.90 Å². The first-order chi connectivity index (χ1) is 8.25. The number of benzene rings is 1. The van der Waals surface area contributed by atoms with E-state index in [0.717, 1.165) is 19.4 Å². The lowest BCUT2D eigenvalue weighted by Crippen LogP contribution is -2.45. The average Bonchev–Trinajstić information content (AvgIpc) is 2.90. The molecule has 1 N–H and O–H groups in total. The Morgan fingerprint density at radius 1 is 1.29 bits per heavy atom. The number of nitrogens with zero attached hydrogens (tertiary/aromatic N) is 1. The average molecular weight is 231 g/mol. The maximum atomic E-state index is 11.4. The first kappa shape index (κ1) is 10.8. The summed E-state index contributed by atoms with van der Waals surface area (Å²) in [6.07, 6.45) is 3.33. The van der Waals surface area contributed by atoms with Gasteiger partial charge in [-0.05, 0) is 30.7 Å². The number of hydrogen-bond donors (Lipinski definition) is 1. The van der Waals surface area contributed by atoms with Gasteiger partial charge in [0.1, 0.15) is 6.04 Å². The van der Waals surface area contributed by atoms with Crippen molar-refractivity contribution in [1.29, 1.82) is 0 Å². The zero-order chi connectivity index (χ0) is 11.8. The second-order valence-electron chi connectivity index (χ2n) is 5.17. The lowest BCUT2D eigenvalue weighted by Gasteiger charge is -2.32. The number of fused-ring (bicyclic) bond motifs is 2. The van der Waals surface area contributed by atoms with E-state index in [4.69, 9.17) is 0 Å². The van der Waals surface area contributed by atoms with E-state index < -0.39 is 5.97 Å². The Kier molecular flexibility index (Phi) is 2.63. The number of likely N-dealkylation sites (tertiary alicyclic amines) is 1. The first-order valence-corrected chi connectivity index (χ1v) is 6.28. The normalized spacial score (nSPS) is 31.9. The van der Waals surface area contributed by atoms with E-state index in [1.807, 2.05) is 18.2 Å². The fraction of sp³-hybridized carbons (Fsp3) is 0.500. The summed E-state index contributed by atoms with van der Waals surface area (Å²) in [5.41, 5.74) is 1.21. The molecular weight excluding hydrogens is 214 g/mol. The van der Waals surface area contributed by atoms with E-state index in [0.29, 0.717) is 12.0 Å². The van der Waals surface area contributed by atoms with E-state index in [1.165, 1.54) is 12.0 Å². The summed E-state index contributed by atoms with van der Waals surface area (Å²) in [6, 6.07) is 10.4. The van der Waals surface area contributed by atoms with Crippen LogP contribution in [0.3, 0.4) is 0 Å². The molecule has 17 heavy (non-hydrogen) atoms. The molecule has 3 heteroatoms. The van der Waals surface area contributed by atoms with Gasteiger partial charge in [-0.2, -0.15) is 0 Å². The largest absolute Gasteiger partial charge is 0.480 e. The van der Waals surface area contributed by atoms with E-state index in [2.05, 4.69) is 17.0 Å². The van der Waals surface area contributed by atoms with Crippen LogP contribution in [0, 0.1) is 5.92 Å². The van der Waals surface area contributed by atoms with Crippen molar-refractivity contribution in [2.45, 2.75) is 37.9 Å². The SMILES string of the molecule is O=C(O)C1C2CCC(C2)N1Cc1ccccc1. The van der Waals surface area contributed by atoms with Gasteiger partial charge >= 0.3 is 5.97 Å². The van der Waals surface area contributed by atoms with Gasteiger partial charge in [0, 0.05) is 12.6 Å². The maximum absolute atomic E-state index is 11.4. The van der Waals surface area contributed by atoms with Gasteiger partial charge in [0.25, 0.3) is 0 Å². The van der Waals surface area contributed by atoms with Crippen LogP contribution in [-0.2, 0) is 11.3 Å².